The van der Waals surface area contributed by atoms with E-state index in [1.165, 1.54) is 12.8 Å². The number of aliphatic hydroxyl groups is 2. The number of carbonyl (C=O) groups is 2. The average Bonchev–Trinajstić information content (AvgIpc) is 3.92. The highest BCUT2D eigenvalue weighted by Gasteiger charge is 2.65. The van der Waals surface area contributed by atoms with Gasteiger partial charge in [-0.1, -0.05) is 141 Å². The van der Waals surface area contributed by atoms with Crippen molar-refractivity contribution in [2.24, 2.45) is 28.8 Å². The Balaban J connectivity index is 1.25. The maximum Gasteiger partial charge on any atom is 0.239 e. The van der Waals surface area contributed by atoms with E-state index in [2.05, 4.69) is 60.0 Å². The van der Waals surface area contributed by atoms with Gasteiger partial charge >= 0.3 is 0 Å². The highest BCUT2D eigenvalue weighted by Crippen LogP contribution is 2.62. The van der Waals surface area contributed by atoms with Crippen LogP contribution in [0.1, 0.15) is 116 Å². The Bertz CT molecular complexity index is 2630. The van der Waals surface area contributed by atoms with Crippen molar-refractivity contribution in [1.82, 2.24) is 4.90 Å². The number of amides is 1. The smallest absolute Gasteiger partial charge is 0.239 e. The molecule has 70 heavy (non-hydrogen) atoms. The van der Waals surface area contributed by atoms with E-state index in [0.29, 0.717) is 61.0 Å². The molecule has 10 nitrogen and oxygen atoms in total. The van der Waals surface area contributed by atoms with Crippen LogP contribution in [-0.4, -0.2) is 64.7 Å². The van der Waals surface area contributed by atoms with Gasteiger partial charge in [0.1, 0.15) is 36.2 Å². The fraction of sp³-hybridized carbons (Fsp3) is 0.417. The van der Waals surface area contributed by atoms with E-state index in [9.17, 15) is 15.0 Å². The summed E-state index contributed by atoms with van der Waals surface area (Å²) in [5.41, 5.74) is 5.23. The van der Waals surface area contributed by atoms with Crippen LogP contribution in [-0.2, 0) is 27.5 Å². The van der Waals surface area contributed by atoms with E-state index < -0.39 is 17.7 Å². The third-order valence-corrected chi connectivity index (χ3v) is 15.3. The molecule has 0 bridgehead atoms. The average molecular weight is 945 g/mol. The van der Waals surface area contributed by atoms with Gasteiger partial charge in [0, 0.05) is 49.6 Å². The number of hydrogen-bond acceptors (Lipinski definition) is 9. The molecule has 3 aliphatic carbocycles. The Labute approximate surface area is 413 Å². The molecule has 1 aliphatic heterocycles. The second-order valence-electron chi connectivity index (χ2n) is 19.7. The Morgan fingerprint density at radius 3 is 2.40 bits per heavy atom. The first-order chi connectivity index (χ1) is 34.4. The van der Waals surface area contributed by atoms with Gasteiger partial charge in [-0.05, 0) is 108 Å². The lowest BCUT2D eigenvalue weighted by atomic mass is 9.55. The van der Waals surface area contributed by atoms with Gasteiger partial charge < -0.3 is 34.2 Å². The minimum atomic E-state index is -1.41. The van der Waals surface area contributed by atoms with Gasteiger partial charge in [0.15, 0.2) is 0 Å². The standard InChI is InChI=1S/C60H68N2O8/c1-2-34-67-60-56(62(57(66)31-28-42-16-6-7-17-42)39-47-24-15-23-45-21-8-9-26-50(45)47)38-54(61-68-41-43-18-4-3-5-19-43)52-36-46(22-10-12-32-63)51(27-11-13-33-64)58(59(52)60)53-37-49(29-30-55(53)70-60)69-48-25-14-20-44(35-48)40-65/h2-5,8-9,14-15,18-21,23-26,29-30,35-37,40,42,46,51,56,58-59,63-64H,1,6-7,10-13,16-17,22,27-28,31-34,38-39,41H2. The molecular formula is C60H68N2O8. The SMILES string of the molecule is C=CCOC12Oc3ccc(Oc4cccc(C=O)c4)cc3C3C(CCCCO)C(CCCCO)C=C(C(=NOCc4ccccc4)CC1N(Cc1cccc4ccccc14)C(=O)CCC1CCCC1)C32. The van der Waals surface area contributed by atoms with Gasteiger partial charge in [-0.3, -0.25) is 9.59 Å². The van der Waals surface area contributed by atoms with Gasteiger partial charge in [-0.2, -0.15) is 0 Å². The Morgan fingerprint density at radius 1 is 0.843 bits per heavy atom. The number of ether oxygens (including phenoxy) is 3. The van der Waals surface area contributed by atoms with E-state index in [0.717, 1.165) is 90.0 Å². The molecule has 0 spiro atoms. The van der Waals surface area contributed by atoms with E-state index in [4.69, 9.17) is 24.2 Å². The lowest BCUT2D eigenvalue weighted by molar-refractivity contribution is -0.258. The lowest BCUT2D eigenvalue weighted by Gasteiger charge is -2.60. The fourth-order valence-corrected chi connectivity index (χ4v) is 12.0. The number of unbranched alkanes of at least 4 members (excludes halogenated alkanes) is 2. The number of hydrogen-bond donors (Lipinski definition) is 2. The van der Waals surface area contributed by atoms with Crippen molar-refractivity contribution in [2.45, 2.75) is 114 Å². The van der Waals surface area contributed by atoms with Crippen molar-refractivity contribution >= 4 is 28.7 Å². The molecule has 2 saturated carbocycles. The van der Waals surface area contributed by atoms with Crippen molar-refractivity contribution < 1.29 is 38.9 Å². The number of benzene rings is 5. The zero-order valence-electron chi connectivity index (χ0n) is 40.3. The molecule has 5 aromatic carbocycles. The maximum absolute atomic E-state index is 15.6. The summed E-state index contributed by atoms with van der Waals surface area (Å²) in [7, 11) is 0. The van der Waals surface area contributed by atoms with Crippen LogP contribution in [0, 0.1) is 23.7 Å². The van der Waals surface area contributed by atoms with Crippen LogP contribution < -0.4 is 9.47 Å². The highest BCUT2D eigenvalue weighted by atomic mass is 16.7. The van der Waals surface area contributed by atoms with Gasteiger partial charge in [-0.25, -0.2) is 0 Å². The summed E-state index contributed by atoms with van der Waals surface area (Å²) >= 11 is 0. The van der Waals surface area contributed by atoms with E-state index in [-0.39, 0.29) is 50.1 Å². The Kier molecular flexibility index (Phi) is 16.2. The molecule has 1 amide bonds. The number of carbonyl (C=O) groups excluding carboxylic acids is 2. The number of rotatable bonds is 23. The van der Waals surface area contributed by atoms with Crippen molar-refractivity contribution in [3.05, 3.63) is 162 Å². The molecule has 6 unspecified atom stereocenters. The molecule has 5 aromatic rings. The lowest BCUT2D eigenvalue weighted by Crippen LogP contribution is -2.70. The predicted octanol–water partition coefficient (Wildman–Crippen LogP) is 12.3. The zero-order valence-corrected chi connectivity index (χ0v) is 40.3. The fourth-order valence-electron chi connectivity index (χ4n) is 12.0. The second-order valence-corrected chi connectivity index (χ2v) is 19.7. The molecule has 9 rings (SSSR count). The summed E-state index contributed by atoms with van der Waals surface area (Å²) in [6.45, 7) is 5.10. The minimum absolute atomic E-state index is 0.0387. The molecule has 0 saturated heterocycles. The van der Waals surface area contributed by atoms with Crippen LogP contribution in [0.15, 0.2) is 145 Å². The molecule has 2 N–H and O–H groups in total. The molecule has 2 fully saturated rings. The van der Waals surface area contributed by atoms with Crippen molar-refractivity contribution in [1.29, 1.82) is 0 Å². The van der Waals surface area contributed by atoms with Gasteiger partial charge in [0.25, 0.3) is 0 Å². The van der Waals surface area contributed by atoms with Crippen LogP contribution in [0.2, 0.25) is 0 Å². The first kappa shape index (κ1) is 48.9. The van der Waals surface area contributed by atoms with Crippen molar-refractivity contribution in [3.63, 3.8) is 0 Å². The number of allylic oxidation sites excluding steroid dienone is 1. The summed E-state index contributed by atoms with van der Waals surface area (Å²) in [4.78, 5) is 35.8. The topological polar surface area (TPSA) is 127 Å². The van der Waals surface area contributed by atoms with Crippen molar-refractivity contribution in [2.75, 3.05) is 19.8 Å². The molecule has 366 valence electrons. The maximum atomic E-state index is 15.6. The summed E-state index contributed by atoms with van der Waals surface area (Å²) in [5, 5.41) is 27.5. The summed E-state index contributed by atoms with van der Waals surface area (Å²) in [5.74, 6) is 0.338. The van der Waals surface area contributed by atoms with Gasteiger partial charge in [0.2, 0.25) is 11.7 Å². The Morgan fingerprint density at radius 2 is 1.60 bits per heavy atom. The van der Waals surface area contributed by atoms with Crippen LogP contribution in [0.3, 0.4) is 0 Å². The number of nitrogens with zero attached hydrogens (tertiary/aromatic N) is 2. The number of aldehydes is 1. The number of aliphatic hydroxyl groups excluding tert-OH is 2. The third-order valence-electron chi connectivity index (χ3n) is 15.3. The minimum Gasteiger partial charge on any atom is -0.459 e. The molecule has 0 aromatic heterocycles. The van der Waals surface area contributed by atoms with E-state index in [1.807, 2.05) is 54.6 Å². The number of fused-ring (bicyclic) bond motifs is 3. The van der Waals surface area contributed by atoms with Gasteiger partial charge in [-0.15, -0.1) is 6.58 Å². The normalized spacial score (nSPS) is 23.2. The molecule has 0 radical (unpaired) electrons. The number of oxime groups is 1. The molecule has 1 heterocycles. The first-order valence-corrected chi connectivity index (χ1v) is 25.7. The highest BCUT2D eigenvalue weighted by molar-refractivity contribution is 6.03. The third kappa shape index (κ3) is 10.8. The van der Waals surface area contributed by atoms with Crippen LogP contribution in [0.25, 0.3) is 10.8 Å². The first-order valence-electron chi connectivity index (χ1n) is 25.7. The van der Waals surface area contributed by atoms with E-state index >= 15 is 4.79 Å². The summed E-state index contributed by atoms with van der Waals surface area (Å²) in [6, 6.07) is 37.1. The largest absolute Gasteiger partial charge is 0.459 e. The monoisotopic (exact) mass is 944 g/mol. The van der Waals surface area contributed by atoms with Crippen LogP contribution >= 0.6 is 0 Å². The molecule has 10 heteroatoms. The molecule has 4 aliphatic rings. The second kappa shape index (κ2) is 23.2. The van der Waals surface area contributed by atoms with Crippen LogP contribution in [0.4, 0.5) is 0 Å². The van der Waals surface area contributed by atoms with Gasteiger partial charge in [0.05, 0.1) is 18.2 Å². The zero-order chi connectivity index (χ0) is 48.3. The quantitative estimate of drug-likeness (QED) is 0.0287. The molecular weight excluding hydrogens is 877 g/mol. The molecule has 6 atom stereocenters. The summed E-state index contributed by atoms with van der Waals surface area (Å²) in [6.07, 6.45) is 15.8. The summed E-state index contributed by atoms with van der Waals surface area (Å²) < 4.78 is 21.5. The van der Waals surface area contributed by atoms with E-state index in [1.54, 1.807) is 24.3 Å². The van der Waals surface area contributed by atoms with Crippen molar-refractivity contribution in [3.8, 4) is 17.2 Å². The predicted molar refractivity (Wildman–Crippen MR) is 274 cm³/mol. The Hall–Kier alpha value is -6.07. The van der Waals surface area contributed by atoms with Crippen LogP contribution in [0.5, 0.6) is 17.2 Å².